The van der Waals surface area contributed by atoms with Gasteiger partial charge in [0.05, 0.1) is 24.0 Å². The van der Waals surface area contributed by atoms with Gasteiger partial charge in [0.25, 0.3) is 5.91 Å². The van der Waals surface area contributed by atoms with Crippen molar-refractivity contribution in [2.45, 2.75) is 26.5 Å². The standard InChI is InChI=1S/C21H24N4O2/c1-3-24(14-15-25-13-5-12-22-25)21(27)18-10-8-17(9-11-18)20-7-4-6-19(23-20)16(2)26/h4-13,16,26H,3,14-15H2,1-2H3. The molecule has 1 amide bonds. The Labute approximate surface area is 159 Å². The Morgan fingerprint density at radius 2 is 1.96 bits per heavy atom. The van der Waals surface area contributed by atoms with Crippen LogP contribution in [0.2, 0.25) is 0 Å². The summed E-state index contributed by atoms with van der Waals surface area (Å²) in [5.74, 6) is 0.00176. The van der Waals surface area contributed by atoms with Gasteiger partial charge in [-0.15, -0.1) is 0 Å². The molecular formula is C21H24N4O2. The summed E-state index contributed by atoms with van der Waals surface area (Å²) < 4.78 is 1.82. The molecule has 1 aromatic carbocycles. The summed E-state index contributed by atoms with van der Waals surface area (Å²) in [5, 5.41) is 13.9. The predicted octanol–water partition coefficient (Wildman–Crippen LogP) is 3.16. The van der Waals surface area contributed by atoms with Crippen molar-refractivity contribution in [1.29, 1.82) is 0 Å². The zero-order valence-corrected chi connectivity index (χ0v) is 15.6. The summed E-state index contributed by atoms with van der Waals surface area (Å²) in [6.45, 7) is 5.58. The van der Waals surface area contributed by atoms with E-state index in [1.807, 2.05) is 65.2 Å². The molecule has 3 aromatic rings. The van der Waals surface area contributed by atoms with Crippen LogP contribution < -0.4 is 0 Å². The van der Waals surface area contributed by atoms with Crippen LogP contribution in [0.3, 0.4) is 0 Å². The summed E-state index contributed by atoms with van der Waals surface area (Å²) >= 11 is 0. The number of aliphatic hydroxyl groups is 1. The number of aliphatic hydroxyl groups excluding tert-OH is 1. The Kier molecular flexibility index (Phi) is 5.98. The van der Waals surface area contributed by atoms with Crippen LogP contribution in [-0.4, -0.2) is 43.8 Å². The average molecular weight is 364 g/mol. The van der Waals surface area contributed by atoms with Gasteiger partial charge in [0.2, 0.25) is 0 Å². The highest BCUT2D eigenvalue weighted by molar-refractivity contribution is 5.94. The fraction of sp³-hybridized carbons (Fsp3) is 0.286. The van der Waals surface area contributed by atoms with Crippen LogP contribution in [0.4, 0.5) is 0 Å². The van der Waals surface area contributed by atoms with E-state index in [2.05, 4.69) is 10.1 Å². The van der Waals surface area contributed by atoms with Gasteiger partial charge in [0.1, 0.15) is 0 Å². The highest BCUT2D eigenvalue weighted by atomic mass is 16.3. The molecule has 0 spiro atoms. The van der Waals surface area contributed by atoms with Gasteiger partial charge in [-0.3, -0.25) is 14.5 Å². The van der Waals surface area contributed by atoms with Gasteiger partial charge in [-0.1, -0.05) is 18.2 Å². The monoisotopic (exact) mass is 364 g/mol. The first kappa shape index (κ1) is 18.8. The lowest BCUT2D eigenvalue weighted by Crippen LogP contribution is -2.33. The topological polar surface area (TPSA) is 71.2 Å². The molecule has 27 heavy (non-hydrogen) atoms. The molecule has 0 saturated carbocycles. The smallest absolute Gasteiger partial charge is 0.253 e. The first-order valence-corrected chi connectivity index (χ1v) is 9.10. The Bertz CT molecular complexity index is 873. The SMILES string of the molecule is CCN(CCn1cccn1)C(=O)c1ccc(-c2cccc(C(C)O)n2)cc1. The minimum absolute atomic E-state index is 0.00176. The van der Waals surface area contributed by atoms with Gasteiger partial charge in [0, 0.05) is 36.6 Å². The zero-order chi connectivity index (χ0) is 19.2. The zero-order valence-electron chi connectivity index (χ0n) is 15.6. The lowest BCUT2D eigenvalue weighted by Gasteiger charge is -2.21. The molecule has 0 saturated heterocycles. The molecule has 1 unspecified atom stereocenters. The second-order valence-corrected chi connectivity index (χ2v) is 6.35. The Morgan fingerprint density at radius 1 is 1.19 bits per heavy atom. The first-order chi connectivity index (χ1) is 13.1. The van der Waals surface area contributed by atoms with Gasteiger partial charge >= 0.3 is 0 Å². The molecule has 0 radical (unpaired) electrons. The van der Waals surface area contributed by atoms with Crippen LogP contribution in [0, 0.1) is 0 Å². The maximum absolute atomic E-state index is 12.8. The number of carbonyl (C=O) groups is 1. The molecule has 6 nitrogen and oxygen atoms in total. The van der Waals surface area contributed by atoms with Crippen LogP contribution in [0.25, 0.3) is 11.3 Å². The number of hydrogen-bond acceptors (Lipinski definition) is 4. The van der Waals surface area contributed by atoms with E-state index in [1.165, 1.54) is 0 Å². The maximum Gasteiger partial charge on any atom is 0.253 e. The van der Waals surface area contributed by atoms with Gasteiger partial charge in [-0.05, 0) is 44.2 Å². The molecule has 1 N–H and O–H groups in total. The molecule has 0 aliphatic carbocycles. The molecule has 1 atom stereocenters. The molecule has 0 bridgehead atoms. The molecule has 140 valence electrons. The van der Waals surface area contributed by atoms with Gasteiger partial charge in [-0.2, -0.15) is 5.10 Å². The number of amides is 1. The van der Waals surface area contributed by atoms with Crippen molar-refractivity contribution in [1.82, 2.24) is 19.7 Å². The normalized spacial score (nSPS) is 12.0. The summed E-state index contributed by atoms with van der Waals surface area (Å²) in [4.78, 5) is 19.1. The molecule has 2 heterocycles. The fourth-order valence-electron chi connectivity index (χ4n) is 2.87. The van der Waals surface area contributed by atoms with Crippen LogP contribution in [0.1, 0.15) is 36.0 Å². The van der Waals surface area contributed by atoms with Crippen molar-refractivity contribution in [2.75, 3.05) is 13.1 Å². The summed E-state index contributed by atoms with van der Waals surface area (Å²) in [7, 11) is 0. The van der Waals surface area contributed by atoms with Crippen LogP contribution in [-0.2, 0) is 6.54 Å². The number of nitrogens with zero attached hydrogens (tertiary/aromatic N) is 4. The number of pyridine rings is 1. The van der Waals surface area contributed by atoms with Crippen LogP contribution >= 0.6 is 0 Å². The second-order valence-electron chi connectivity index (χ2n) is 6.35. The number of hydrogen-bond donors (Lipinski definition) is 1. The van der Waals surface area contributed by atoms with E-state index in [1.54, 1.807) is 19.2 Å². The largest absolute Gasteiger partial charge is 0.387 e. The van der Waals surface area contributed by atoms with Crippen molar-refractivity contribution in [3.8, 4) is 11.3 Å². The molecule has 0 fully saturated rings. The maximum atomic E-state index is 12.8. The van der Waals surface area contributed by atoms with Crippen molar-refractivity contribution < 1.29 is 9.90 Å². The third-order valence-corrected chi connectivity index (χ3v) is 4.45. The van der Waals surface area contributed by atoms with E-state index in [4.69, 9.17) is 0 Å². The molecule has 0 aliphatic rings. The lowest BCUT2D eigenvalue weighted by molar-refractivity contribution is 0.0757. The highest BCUT2D eigenvalue weighted by Crippen LogP contribution is 2.20. The summed E-state index contributed by atoms with van der Waals surface area (Å²) in [5.41, 5.74) is 2.96. The van der Waals surface area contributed by atoms with Crippen LogP contribution in [0.15, 0.2) is 60.9 Å². The van der Waals surface area contributed by atoms with E-state index < -0.39 is 6.10 Å². The van der Waals surface area contributed by atoms with Crippen molar-refractivity contribution >= 4 is 5.91 Å². The van der Waals surface area contributed by atoms with Crippen molar-refractivity contribution in [3.05, 3.63) is 72.2 Å². The number of aromatic nitrogens is 3. The Hall–Kier alpha value is -2.99. The summed E-state index contributed by atoms with van der Waals surface area (Å²) in [6.07, 6.45) is 3.01. The number of benzene rings is 1. The Balaban J connectivity index is 1.71. The third kappa shape index (κ3) is 4.60. The van der Waals surface area contributed by atoms with Gasteiger partial charge in [-0.25, -0.2) is 0 Å². The van der Waals surface area contributed by atoms with E-state index in [-0.39, 0.29) is 5.91 Å². The highest BCUT2D eigenvalue weighted by Gasteiger charge is 2.14. The molecule has 3 rings (SSSR count). The molecule has 6 heteroatoms. The van der Waals surface area contributed by atoms with Crippen LogP contribution in [0.5, 0.6) is 0 Å². The van der Waals surface area contributed by atoms with E-state index in [9.17, 15) is 9.90 Å². The average Bonchev–Trinajstić information content (AvgIpc) is 3.22. The first-order valence-electron chi connectivity index (χ1n) is 9.10. The number of rotatable bonds is 7. The van der Waals surface area contributed by atoms with Gasteiger partial charge in [0.15, 0.2) is 0 Å². The van der Waals surface area contributed by atoms with E-state index in [0.29, 0.717) is 30.9 Å². The molecule has 0 aliphatic heterocycles. The van der Waals surface area contributed by atoms with Crippen molar-refractivity contribution in [3.63, 3.8) is 0 Å². The number of likely N-dealkylation sites (N-methyl/N-ethyl adjacent to an activating group) is 1. The minimum atomic E-state index is -0.612. The van der Waals surface area contributed by atoms with Gasteiger partial charge < -0.3 is 10.0 Å². The number of carbonyl (C=O) groups excluding carboxylic acids is 1. The van der Waals surface area contributed by atoms with E-state index >= 15 is 0 Å². The second kappa shape index (κ2) is 8.60. The quantitative estimate of drug-likeness (QED) is 0.699. The molecular weight excluding hydrogens is 340 g/mol. The third-order valence-electron chi connectivity index (χ3n) is 4.45. The van der Waals surface area contributed by atoms with Crippen molar-refractivity contribution in [2.24, 2.45) is 0 Å². The minimum Gasteiger partial charge on any atom is -0.387 e. The predicted molar refractivity (Wildman–Crippen MR) is 104 cm³/mol. The molecule has 2 aromatic heterocycles. The fourth-order valence-corrected chi connectivity index (χ4v) is 2.87. The Morgan fingerprint density at radius 3 is 2.59 bits per heavy atom. The summed E-state index contributed by atoms with van der Waals surface area (Å²) in [6, 6.07) is 14.9. The lowest BCUT2D eigenvalue weighted by atomic mass is 10.1. The van der Waals surface area contributed by atoms with E-state index in [0.717, 1.165) is 11.3 Å².